The van der Waals surface area contributed by atoms with E-state index in [1.54, 1.807) is 0 Å². The highest BCUT2D eigenvalue weighted by atomic mass is 19.4. The summed E-state index contributed by atoms with van der Waals surface area (Å²) in [6.45, 7) is 0. The highest BCUT2D eigenvalue weighted by molar-refractivity contribution is 5.89. The molecule has 0 aliphatic carbocycles. The Morgan fingerprint density at radius 3 is 2.25 bits per heavy atom. The Morgan fingerprint density at radius 1 is 1.19 bits per heavy atom. The third-order valence-corrected chi connectivity index (χ3v) is 1.78. The normalized spacial score (nSPS) is 12.6. The molecule has 86 valence electrons. The van der Waals surface area contributed by atoms with Crippen LogP contribution in [0.4, 0.5) is 13.2 Å². The topological polar surface area (TPSA) is 57.5 Å². The number of carboxylic acid groups (broad SMARTS) is 1. The lowest BCUT2D eigenvalue weighted by molar-refractivity contribution is -0.138. The summed E-state index contributed by atoms with van der Waals surface area (Å²) in [7, 11) is 0. The van der Waals surface area contributed by atoms with Crippen molar-refractivity contribution in [3.8, 4) is 0 Å². The molecule has 0 aliphatic heterocycles. The molecule has 0 radical (unpaired) electrons. The number of benzene rings is 1. The average Bonchev–Trinajstić information content (AvgIpc) is 2.16. The largest absolute Gasteiger partial charge is 0.502 e. The van der Waals surface area contributed by atoms with Crippen LogP contribution < -0.4 is 0 Å². The molecule has 0 saturated carbocycles. The SMILES string of the molecule is O=C(O)C(O)=Cc1ccccc1C(F)(F)F. The van der Waals surface area contributed by atoms with Gasteiger partial charge in [0, 0.05) is 0 Å². The third-order valence-electron chi connectivity index (χ3n) is 1.78. The number of aliphatic hydroxyl groups excluding tert-OH is 1. The van der Waals surface area contributed by atoms with Crippen molar-refractivity contribution < 1.29 is 28.2 Å². The zero-order chi connectivity index (χ0) is 12.3. The van der Waals surface area contributed by atoms with Gasteiger partial charge in [0.1, 0.15) is 0 Å². The Morgan fingerprint density at radius 2 is 1.75 bits per heavy atom. The van der Waals surface area contributed by atoms with Gasteiger partial charge in [0.2, 0.25) is 5.76 Å². The smallest absolute Gasteiger partial charge is 0.416 e. The second-order valence-electron chi connectivity index (χ2n) is 2.92. The Balaban J connectivity index is 3.25. The number of carbonyl (C=O) groups is 1. The zero-order valence-electron chi connectivity index (χ0n) is 7.82. The molecular weight excluding hydrogens is 225 g/mol. The number of carboxylic acids is 1. The standard InChI is InChI=1S/C10H7F3O3/c11-10(12,13)7-4-2-1-3-6(7)5-8(14)9(15)16/h1-5,14H,(H,15,16). The van der Waals surface area contributed by atoms with Crippen LogP contribution in [0.1, 0.15) is 11.1 Å². The second kappa shape index (κ2) is 4.26. The van der Waals surface area contributed by atoms with Gasteiger partial charge in [-0.15, -0.1) is 0 Å². The summed E-state index contributed by atoms with van der Waals surface area (Å²) in [5.74, 6) is -2.83. The number of rotatable bonds is 2. The van der Waals surface area contributed by atoms with E-state index >= 15 is 0 Å². The minimum atomic E-state index is -4.59. The molecular formula is C10H7F3O3. The second-order valence-corrected chi connectivity index (χ2v) is 2.92. The maximum Gasteiger partial charge on any atom is 0.416 e. The van der Waals surface area contributed by atoms with E-state index in [2.05, 4.69) is 0 Å². The van der Waals surface area contributed by atoms with Crippen molar-refractivity contribution in [1.29, 1.82) is 0 Å². The van der Waals surface area contributed by atoms with Gasteiger partial charge in [-0.1, -0.05) is 18.2 Å². The van der Waals surface area contributed by atoms with E-state index < -0.39 is 29.0 Å². The van der Waals surface area contributed by atoms with Gasteiger partial charge >= 0.3 is 12.1 Å². The molecule has 0 aromatic heterocycles. The minimum Gasteiger partial charge on any atom is -0.502 e. The molecule has 0 saturated heterocycles. The van der Waals surface area contributed by atoms with Crippen LogP contribution in [0.25, 0.3) is 6.08 Å². The van der Waals surface area contributed by atoms with Crippen LogP contribution in [0.5, 0.6) is 0 Å². The van der Waals surface area contributed by atoms with E-state index in [-0.39, 0.29) is 0 Å². The van der Waals surface area contributed by atoms with Gasteiger partial charge in [0.15, 0.2) is 0 Å². The number of halogens is 3. The van der Waals surface area contributed by atoms with Gasteiger partial charge in [-0.25, -0.2) is 4.79 Å². The molecule has 6 heteroatoms. The van der Waals surface area contributed by atoms with Crippen molar-refractivity contribution in [3.63, 3.8) is 0 Å². The fraction of sp³-hybridized carbons (Fsp3) is 0.100. The molecule has 0 fully saturated rings. The zero-order valence-corrected chi connectivity index (χ0v) is 7.82. The van der Waals surface area contributed by atoms with Gasteiger partial charge in [-0.05, 0) is 17.7 Å². The molecule has 0 atom stereocenters. The summed E-state index contributed by atoms with van der Waals surface area (Å²) in [6, 6.07) is 4.37. The minimum absolute atomic E-state index is 0.394. The number of aliphatic hydroxyl groups is 1. The molecule has 0 bridgehead atoms. The van der Waals surface area contributed by atoms with Crippen LogP contribution in [-0.4, -0.2) is 16.2 Å². The number of alkyl halides is 3. The molecule has 1 aromatic carbocycles. The van der Waals surface area contributed by atoms with Crippen molar-refractivity contribution in [1.82, 2.24) is 0 Å². The number of aliphatic carboxylic acids is 1. The molecule has 0 unspecified atom stereocenters. The van der Waals surface area contributed by atoms with E-state index in [4.69, 9.17) is 10.2 Å². The summed E-state index contributed by atoms with van der Waals surface area (Å²) in [5.41, 5.74) is -1.39. The Bertz CT molecular complexity index is 435. The fourth-order valence-corrected chi connectivity index (χ4v) is 1.09. The average molecular weight is 232 g/mol. The van der Waals surface area contributed by atoms with Crippen molar-refractivity contribution in [2.24, 2.45) is 0 Å². The summed E-state index contributed by atoms with van der Waals surface area (Å²) in [5, 5.41) is 17.2. The van der Waals surface area contributed by atoms with Crippen molar-refractivity contribution >= 4 is 12.0 Å². The molecule has 0 amide bonds. The van der Waals surface area contributed by atoms with Crippen LogP contribution in [0.15, 0.2) is 30.0 Å². The Kier molecular flexibility index (Phi) is 3.22. The van der Waals surface area contributed by atoms with Crippen molar-refractivity contribution in [2.75, 3.05) is 0 Å². The van der Waals surface area contributed by atoms with E-state index in [0.717, 1.165) is 12.1 Å². The van der Waals surface area contributed by atoms with Crippen molar-refractivity contribution in [3.05, 3.63) is 41.2 Å². The number of hydrogen-bond donors (Lipinski definition) is 2. The molecule has 1 rings (SSSR count). The molecule has 2 N–H and O–H groups in total. The van der Waals surface area contributed by atoms with Gasteiger partial charge < -0.3 is 10.2 Å². The van der Waals surface area contributed by atoms with E-state index in [1.807, 2.05) is 0 Å². The lowest BCUT2D eigenvalue weighted by atomic mass is 10.1. The van der Waals surface area contributed by atoms with Crippen LogP contribution in [0.2, 0.25) is 0 Å². The van der Waals surface area contributed by atoms with E-state index in [1.165, 1.54) is 12.1 Å². The molecule has 0 aliphatic rings. The van der Waals surface area contributed by atoms with E-state index in [0.29, 0.717) is 6.08 Å². The van der Waals surface area contributed by atoms with Crippen LogP contribution in [0, 0.1) is 0 Å². The summed E-state index contributed by atoms with van der Waals surface area (Å²) < 4.78 is 37.3. The van der Waals surface area contributed by atoms with Gasteiger partial charge in [0.05, 0.1) is 5.56 Å². The maximum absolute atomic E-state index is 12.4. The lowest BCUT2D eigenvalue weighted by Crippen LogP contribution is -2.08. The molecule has 1 aromatic rings. The predicted molar refractivity (Wildman–Crippen MR) is 49.7 cm³/mol. The first-order valence-corrected chi connectivity index (χ1v) is 4.12. The first-order valence-electron chi connectivity index (χ1n) is 4.12. The summed E-state index contributed by atoms with van der Waals surface area (Å²) >= 11 is 0. The van der Waals surface area contributed by atoms with Gasteiger partial charge in [0.25, 0.3) is 0 Å². The van der Waals surface area contributed by atoms with Crippen LogP contribution in [0.3, 0.4) is 0 Å². The summed E-state index contributed by atoms with van der Waals surface area (Å²) in [4.78, 5) is 10.3. The third kappa shape index (κ3) is 2.75. The number of hydrogen-bond acceptors (Lipinski definition) is 2. The molecule has 0 spiro atoms. The highest BCUT2D eigenvalue weighted by Gasteiger charge is 2.32. The monoisotopic (exact) mass is 232 g/mol. The van der Waals surface area contributed by atoms with Gasteiger partial charge in [-0.2, -0.15) is 13.2 Å². The first-order chi connectivity index (χ1) is 7.32. The first kappa shape index (κ1) is 12.1. The van der Waals surface area contributed by atoms with Crippen LogP contribution >= 0.6 is 0 Å². The fourth-order valence-electron chi connectivity index (χ4n) is 1.09. The molecule has 3 nitrogen and oxygen atoms in total. The summed E-state index contributed by atoms with van der Waals surface area (Å²) in [6.07, 6.45) is -4.03. The van der Waals surface area contributed by atoms with Crippen molar-refractivity contribution in [2.45, 2.75) is 6.18 Å². The Labute approximate surface area is 88.4 Å². The predicted octanol–water partition coefficient (Wildman–Crippen LogP) is 2.69. The maximum atomic E-state index is 12.4. The molecule has 16 heavy (non-hydrogen) atoms. The van der Waals surface area contributed by atoms with Gasteiger partial charge in [-0.3, -0.25) is 0 Å². The molecule has 0 heterocycles. The lowest BCUT2D eigenvalue weighted by Gasteiger charge is -2.09. The van der Waals surface area contributed by atoms with Crippen LogP contribution in [-0.2, 0) is 11.0 Å². The van der Waals surface area contributed by atoms with E-state index in [9.17, 15) is 18.0 Å². The Hall–Kier alpha value is -1.98. The highest BCUT2D eigenvalue weighted by Crippen LogP contribution is 2.32. The quantitative estimate of drug-likeness (QED) is 0.608.